The average molecular weight is 383 g/mol. The highest BCUT2D eigenvalue weighted by Gasteiger charge is 2.39. The van der Waals surface area contributed by atoms with Gasteiger partial charge in [-0.15, -0.1) is 0 Å². The number of nitrogens with zero attached hydrogens (tertiary/aromatic N) is 1. The number of carbonyl (C=O) groups excluding carboxylic acids is 2. The summed E-state index contributed by atoms with van der Waals surface area (Å²) >= 11 is 0. The lowest BCUT2D eigenvalue weighted by molar-refractivity contribution is -0.126. The lowest BCUT2D eigenvalue weighted by Crippen LogP contribution is -2.43. The van der Waals surface area contributed by atoms with Gasteiger partial charge in [0, 0.05) is 31.2 Å². The Bertz CT molecular complexity index is 770. The van der Waals surface area contributed by atoms with Crippen LogP contribution in [0.2, 0.25) is 0 Å². The number of para-hydroxylation sites is 1. The minimum atomic E-state index is -0.335. The molecule has 0 radical (unpaired) electrons. The molecule has 1 fully saturated rings. The maximum absolute atomic E-state index is 12.8. The van der Waals surface area contributed by atoms with Gasteiger partial charge in [0.1, 0.15) is 12.4 Å². The summed E-state index contributed by atoms with van der Waals surface area (Å²) in [6, 6.07) is 12.8. The van der Waals surface area contributed by atoms with Crippen LogP contribution in [-0.2, 0) is 14.3 Å². The summed E-state index contributed by atoms with van der Waals surface area (Å²) in [6.45, 7) is 0.472. The number of aromatic nitrogens is 1. The fourth-order valence-electron chi connectivity index (χ4n) is 3.51. The number of carbonyl (C=O) groups is 2. The SMILES string of the molecule is COCC(=O)N[C@@H]1C[C@H](COc2ccccc2)C[C@H]1C(=O)Nc1ccncc1. The first kappa shape index (κ1) is 19.8. The fraction of sp³-hybridized carbons (Fsp3) is 0.381. The Hall–Kier alpha value is -2.93. The molecular weight excluding hydrogens is 358 g/mol. The largest absolute Gasteiger partial charge is 0.493 e. The second-order valence-corrected chi connectivity index (χ2v) is 6.90. The minimum Gasteiger partial charge on any atom is -0.493 e. The Morgan fingerprint density at radius 3 is 2.57 bits per heavy atom. The number of methoxy groups -OCH3 is 1. The molecule has 0 unspecified atom stereocenters. The molecule has 1 aromatic carbocycles. The highest BCUT2D eigenvalue weighted by Crippen LogP contribution is 2.33. The number of hydrogen-bond donors (Lipinski definition) is 2. The van der Waals surface area contributed by atoms with E-state index in [9.17, 15) is 9.59 Å². The van der Waals surface area contributed by atoms with Crippen molar-refractivity contribution in [1.29, 1.82) is 0 Å². The zero-order valence-electron chi connectivity index (χ0n) is 15.8. The third-order valence-corrected chi connectivity index (χ3v) is 4.80. The van der Waals surface area contributed by atoms with Gasteiger partial charge in [0.05, 0.1) is 12.5 Å². The molecule has 2 N–H and O–H groups in total. The highest BCUT2D eigenvalue weighted by atomic mass is 16.5. The number of nitrogens with one attached hydrogen (secondary N) is 2. The van der Waals surface area contributed by atoms with E-state index in [4.69, 9.17) is 9.47 Å². The summed E-state index contributed by atoms with van der Waals surface area (Å²) in [5, 5.41) is 5.84. The minimum absolute atomic E-state index is 0.0274. The van der Waals surface area contributed by atoms with Gasteiger partial charge in [0.15, 0.2) is 0 Å². The van der Waals surface area contributed by atoms with Crippen molar-refractivity contribution in [3.05, 3.63) is 54.9 Å². The normalized spacial score (nSPS) is 21.1. The molecule has 2 amide bonds. The van der Waals surface area contributed by atoms with E-state index in [1.54, 1.807) is 24.5 Å². The first-order chi connectivity index (χ1) is 13.7. The molecule has 7 heteroatoms. The molecule has 1 aromatic heterocycles. The Balaban J connectivity index is 1.63. The smallest absolute Gasteiger partial charge is 0.246 e. The monoisotopic (exact) mass is 383 g/mol. The molecule has 28 heavy (non-hydrogen) atoms. The molecule has 1 aliphatic carbocycles. The van der Waals surface area contributed by atoms with Crippen LogP contribution in [-0.4, -0.2) is 43.2 Å². The quantitative estimate of drug-likeness (QED) is 0.730. The Morgan fingerprint density at radius 1 is 1.11 bits per heavy atom. The Labute approximate surface area is 164 Å². The second kappa shape index (κ2) is 9.85. The van der Waals surface area contributed by atoms with Crippen molar-refractivity contribution in [2.24, 2.45) is 11.8 Å². The summed E-state index contributed by atoms with van der Waals surface area (Å²) in [5.74, 6) is 0.293. The number of amides is 2. The molecule has 0 aliphatic heterocycles. The summed E-state index contributed by atoms with van der Waals surface area (Å²) in [6.07, 6.45) is 4.57. The lowest BCUT2D eigenvalue weighted by Gasteiger charge is -2.20. The van der Waals surface area contributed by atoms with E-state index in [0.29, 0.717) is 25.1 Å². The summed E-state index contributed by atoms with van der Waals surface area (Å²) in [7, 11) is 1.47. The van der Waals surface area contributed by atoms with Crippen LogP contribution >= 0.6 is 0 Å². The van der Waals surface area contributed by atoms with Gasteiger partial charge in [0.2, 0.25) is 11.8 Å². The molecule has 2 aromatic rings. The van der Waals surface area contributed by atoms with E-state index in [1.165, 1.54) is 7.11 Å². The topological polar surface area (TPSA) is 89.5 Å². The van der Waals surface area contributed by atoms with Crippen LogP contribution in [0.5, 0.6) is 5.75 Å². The molecule has 7 nitrogen and oxygen atoms in total. The molecule has 3 atom stereocenters. The van der Waals surface area contributed by atoms with Crippen LogP contribution in [0, 0.1) is 11.8 Å². The zero-order valence-corrected chi connectivity index (χ0v) is 15.8. The first-order valence-electron chi connectivity index (χ1n) is 9.32. The van der Waals surface area contributed by atoms with Crippen LogP contribution < -0.4 is 15.4 Å². The van der Waals surface area contributed by atoms with Gasteiger partial charge in [0.25, 0.3) is 0 Å². The molecule has 0 spiro atoms. The maximum Gasteiger partial charge on any atom is 0.246 e. The summed E-state index contributed by atoms with van der Waals surface area (Å²) in [5.41, 5.74) is 0.686. The number of rotatable bonds is 8. The van der Waals surface area contributed by atoms with Crippen LogP contribution in [0.25, 0.3) is 0 Å². The number of hydrogen-bond acceptors (Lipinski definition) is 5. The molecule has 0 bridgehead atoms. The molecule has 1 saturated carbocycles. The molecule has 3 rings (SSSR count). The van der Waals surface area contributed by atoms with E-state index in [2.05, 4.69) is 15.6 Å². The van der Waals surface area contributed by atoms with Gasteiger partial charge in [-0.1, -0.05) is 18.2 Å². The molecule has 1 aliphatic rings. The van der Waals surface area contributed by atoms with Gasteiger partial charge in [-0.3, -0.25) is 14.6 Å². The van der Waals surface area contributed by atoms with Crippen molar-refractivity contribution >= 4 is 17.5 Å². The van der Waals surface area contributed by atoms with Crippen molar-refractivity contribution in [2.45, 2.75) is 18.9 Å². The van der Waals surface area contributed by atoms with E-state index in [-0.39, 0.29) is 36.3 Å². The predicted molar refractivity (Wildman–Crippen MR) is 105 cm³/mol. The molecule has 148 valence electrons. The van der Waals surface area contributed by atoms with Crippen molar-refractivity contribution in [3.63, 3.8) is 0 Å². The zero-order chi connectivity index (χ0) is 19.8. The average Bonchev–Trinajstić information content (AvgIpc) is 3.11. The molecule has 1 heterocycles. The van der Waals surface area contributed by atoms with Crippen molar-refractivity contribution in [2.75, 3.05) is 25.6 Å². The summed E-state index contributed by atoms with van der Waals surface area (Å²) in [4.78, 5) is 28.8. The Morgan fingerprint density at radius 2 is 1.86 bits per heavy atom. The Kier molecular flexibility index (Phi) is 6.97. The summed E-state index contributed by atoms with van der Waals surface area (Å²) < 4.78 is 10.8. The van der Waals surface area contributed by atoms with Crippen LogP contribution in [0.15, 0.2) is 54.9 Å². The maximum atomic E-state index is 12.8. The van der Waals surface area contributed by atoms with Gasteiger partial charge in [-0.05, 0) is 43.0 Å². The van der Waals surface area contributed by atoms with Gasteiger partial charge in [-0.2, -0.15) is 0 Å². The number of pyridine rings is 1. The predicted octanol–water partition coefficient (Wildman–Crippen LogP) is 2.26. The molecule has 0 saturated heterocycles. The van der Waals surface area contributed by atoms with E-state index < -0.39 is 0 Å². The highest BCUT2D eigenvalue weighted by molar-refractivity contribution is 5.93. The third-order valence-electron chi connectivity index (χ3n) is 4.80. The van der Waals surface area contributed by atoms with E-state index in [1.807, 2.05) is 30.3 Å². The van der Waals surface area contributed by atoms with Crippen LogP contribution in [0.3, 0.4) is 0 Å². The van der Waals surface area contributed by atoms with E-state index >= 15 is 0 Å². The van der Waals surface area contributed by atoms with Gasteiger partial charge < -0.3 is 20.1 Å². The van der Waals surface area contributed by atoms with Crippen molar-refractivity contribution < 1.29 is 19.1 Å². The van der Waals surface area contributed by atoms with Gasteiger partial charge >= 0.3 is 0 Å². The van der Waals surface area contributed by atoms with Gasteiger partial charge in [-0.25, -0.2) is 0 Å². The van der Waals surface area contributed by atoms with Crippen molar-refractivity contribution in [1.82, 2.24) is 10.3 Å². The number of ether oxygens (including phenoxy) is 2. The lowest BCUT2D eigenvalue weighted by atomic mass is 10.0. The fourth-order valence-corrected chi connectivity index (χ4v) is 3.51. The van der Waals surface area contributed by atoms with Crippen LogP contribution in [0.1, 0.15) is 12.8 Å². The first-order valence-corrected chi connectivity index (χ1v) is 9.32. The molecular formula is C21H25N3O4. The van der Waals surface area contributed by atoms with Crippen molar-refractivity contribution in [3.8, 4) is 5.75 Å². The second-order valence-electron chi connectivity index (χ2n) is 6.90. The van der Waals surface area contributed by atoms with Crippen LogP contribution in [0.4, 0.5) is 5.69 Å². The third kappa shape index (κ3) is 5.53. The number of anilines is 1. The van der Waals surface area contributed by atoms with E-state index in [0.717, 1.165) is 5.75 Å². The standard InChI is InChI=1S/C21H25N3O4/c1-27-14-20(25)24-19-12-15(13-28-17-5-3-2-4-6-17)11-18(19)21(26)23-16-7-9-22-10-8-16/h2-10,15,18-19H,11-14H2,1H3,(H,24,25)(H,22,23,26)/t15-,18-,19-/m1/s1. The number of benzene rings is 1.